The standard InChI is InChI=1S/C16H15Cl2NO2/c1-21-15-8-3-2-7-14(15)19-16(20)10-9-11-12(17)5-4-6-13(11)18/h2-8H,9-10H2,1H3,(H,19,20). The van der Waals surface area contributed by atoms with Gasteiger partial charge in [-0.05, 0) is 36.2 Å². The molecule has 2 aromatic carbocycles. The Morgan fingerprint density at radius 2 is 1.76 bits per heavy atom. The molecule has 0 aliphatic carbocycles. The molecule has 110 valence electrons. The average molecular weight is 324 g/mol. The lowest BCUT2D eigenvalue weighted by molar-refractivity contribution is -0.116. The van der Waals surface area contributed by atoms with Crippen LogP contribution in [0.3, 0.4) is 0 Å². The molecule has 0 bridgehead atoms. The van der Waals surface area contributed by atoms with Crippen LogP contribution in [-0.2, 0) is 11.2 Å². The van der Waals surface area contributed by atoms with E-state index in [9.17, 15) is 4.79 Å². The fraction of sp³-hybridized carbons (Fsp3) is 0.188. The lowest BCUT2D eigenvalue weighted by Gasteiger charge is -2.10. The van der Waals surface area contributed by atoms with Gasteiger partial charge in [-0.3, -0.25) is 4.79 Å². The second-order valence-corrected chi connectivity index (χ2v) is 5.26. The van der Waals surface area contributed by atoms with Crippen LogP contribution in [0.2, 0.25) is 10.0 Å². The second kappa shape index (κ2) is 7.34. The minimum Gasteiger partial charge on any atom is -0.495 e. The number of nitrogens with one attached hydrogen (secondary N) is 1. The lowest BCUT2D eigenvalue weighted by Crippen LogP contribution is -2.13. The van der Waals surface area contributed by atoms with Crippen LogP contribution in [0.15, 0.2) is 42.5 Å². The van der Waals surface area contributed by atoms with Gasteiger partial charge in [0.15, 0.2) is 0 Å². The van der Waals surface area contributed by atoms with Gasteiger partial charge in [-0.1, -0.05) is 41.4 Å². The zero-order valence-electron chi connectivity index (χ0n) is 11.5. The first-order chi connectivity index (χ1) is 10.1. The summed E-state index contributed by atoms with van der Waals surface area (Å²) in [6.07, 6.45) is 0.779. The second-order valence-electron chi connectivity index (χ2n) is 4.45. The van der Waals surface area contributed by atoms with E-state index in [1.54, 1.807) is 37.4 Å². The van der Waals surface area contributed by atoms with Gasteiger partial charge in [0.1, 0.15) is 5.75 Å². The maximum absolute atomic E-state index is 12.0. The Balaban J connectivity index is 1.99. The number of carbonyl (C=O) groups excluding carboxylic acids is 1. The van der Waals surface area contributed by atoms with E-state index < -0.39 is 0 Å². The first kappa shape index (κ1) is 15.7. The van der Waals surface area contributed by atoms with Crippen molar-refractivity contribution in [1.82, 2.24) is 0 Å². The Bertz CT molecular complexity index is 624. The molecular formula is C16H15Cl2NO2. The summed E-state index contributed by atoms with van der Waals surface area (Å²) in [5.74, 6) is 0.511. The largest absolute Gasteiger partial charge is 0.495 e. The van der Waals surface area contributed by atoms with Crippen LogP contribution in [0.1, 0.15) is 12.0 Å². The zero-order chi connectivity index (χ0) is 15.2. The predicted octanol–water partition coefficient (Wildman–Crippen LogP) is 4.57. The Hall–Kier alpha value is -1.71. The quantitative estimate of drug-likeness (QED) is 0.875. The van der Waals surface area contributed by atoms with Crippen molar-refractivity contribution in [3.05, 3.63) is 58.1 Å². The van der Waals surface area contributed by atoms with E-state index >= 15 is 0 Å². The van der Waals surface area contributed by atoms with Crippen molar-refractivity contribution < 1.29 is 9.53 Å². The van der Waals surface area contributed by atoms with Gasteiger partial charge in [0.05, 0.1) is 12.8 Å². The van der Waals surface area contributed by atoms with Crippen molar-refractivity contribution in [3.8, 4) is 5.75 Å². The summed E-state index contributed by atoms with van der Waals surface area (Å²) in [5.41, 5.74) is 1.44. The molecule has 0 atom stereocenters. The summed E-state index contributed by atoms with van der Waals surface area (Å²) in [7, 11) is 1.56. The van der Waals surface area contributed by atoms with E-state index in [2.05, 4.69) is 5.32 Å². The molecule has 0 radical (unpaired) electrons. The third kappa shape index (κ3) is 4.13. The topological polar surface area (TPSA) is 38.3 Å². The molecule has 0 saturated carbocycles. The molecule has 3 nitrogen and oxygen atoms in total. The molecule has 0 fully saturated rings. The van der Waals surface area contributed by atoms with Crippen LogP contribution in [-0.4, -0.2) is 13.0 Å². The maximum Gasteiger partial charge on any atom is 0.224 e. The van der Waals surface area contributed by atoms with Crippen molar-refractivity contribution >= 4 is 34.8 Å². The van der Waals surface area contributed by atoms with Crippen LogP contribution in [0.5, 0.6) is 5.75 Å². The van der Waals surface area contributed by atoms with Crippen LogP contribution < -0.4 is 10.1 Å². The first-order valence-corrected chi connectivity index (χ1v) is 7.23. The molecule has 1 amide bonds. The van der Waals surface area contributed by atoms with Gasteiger partial charge in [-0.2, -0.15) is 0 Å². The Labute approximate surface area is 133 Å². The normalized spacial score (nSPS) is 10.2. The molecule has 1 N–H and O–H groups in total. The minimum absolute atomic E-state index is 0.115. The average Bonchev–Trinajstić information content (AvgIpc) is 2.47. The third-order valence-corrected chi connectivity index (χ3v) is 3.75. The van der Waals surface area contributed by atoms with Crippen molar-refractivity contribution in [1.29, 1.82) is 0 Å². The highest BCUT2D eigenvalue weighted by molar-refractivity contribution is 6.36. The van der Waals surface area contributed by atoms with E-state index in [4.69, 9.17) is 27.9 Å². The predicted molar refractivity (Wildman–Crippen MR) is 86.4 cm³/mol. The molecule has 2 rings (SSSR count). The van der Waals surface area contributed by atoms with E-state index in [0.717, 1.165) is 5.56 Å². The summed E-state index contributed by atoms with van der Waals surface area (Å²) in [5, 5.41) is 3.97. The number of amides is 1. The van der Waals surface area contributed by atoms with E-state index in [1.807, 2.05) is 12.1 Å². The van der Waals surface area contributed by atoms with E-state index in [0.29, 0.717) is 34.3 Å². The molecular weight excluding hydrogens is 309 g/mol. The highest BCUT2D eigenvalue weighted by Crippen LogP contribution is 2.26. The summed E-state index contributed by atoms with van der Waals surface area (Å²) in [4.78, 5) is 12.0. The van der Waals surface area contributed by atoms with Gasteiger partial charge >= 0.3 is 0 Å². The number of carbonyl (C=O) groups is 1. The lowest BCUT2D eigenvalue weighted by atomic mass is 10.1. The molecule has 0 heterocycles. The van der Waals surface area contributed by atoms with Gasteiger partial charge in [0, 0.05) is 16.5 Å². The van der Waals surface area contributed by atoms with Gasteiger partial charge in [0.25, 0.3) is 0 Å². The van der Waals surface area contributed by atoms with Gasteiger partial charge in [0.2, 0.25) is 5.91 Å². The van der Waals surface area contributed by atoms with Crippen LogP contribution in [0, 0.1) is 0 Å². The Morgan fingerprint density at radius 3 is 2.43 bits per heavy atom. The molecule has 21 heavy (non-hydrogen) atoms. The van der Waals surface area contributed by atoms with Crippen LogP contribution >= 0.6 is 23.2 Å². The fourth-order valence-electron chi connectivity index (χ4n) is 1.97. The number of hydrogen-bond acceptors (Lipinski definition) is 2. The molecule has 0 aliphatic rings. The summed E-state index contributed by atoms with van der Waals surface area (Å²) in [6, 6.07) is 12.6. The van der Waals surface area contributed by atoms with Crippen molar-refractivity contribution in [2.24, 2.45) is 0 Å². The van der Waals surface area contributed by atoms with E-state index in [1.165, 1.54) is 0 Å². The fourth-order valence-corrected chi connectivity index (χ4v) is 2.56. The molecule has 5 heteroatoms. The highest BCUT2D eigenvalue weighted by atomic mass is 35.5. The zero-order valence-corrected chi connectivity index (χ0v) is 13.0. The van der Waals surface area contributed by atoms with Crippen LogP contribution in [0.25, 0.3) is 0 Å². The molecule has 0 aromatic heterocycles. The van der Waals surface area contributed by atoms with Crippen molar-refractivity contribution in [2.75, 3.05) is 12.4 Å². The number of methoxy groups -OCH3 is 1. The highest BCUT2D eigenvalue weighted by Gasteiger charge is 2.10. The number of para-hydroxylation sites is 2. The number of anilines is 1. The molecule has 2 aromatic rings. The number of benzene rings is 2. The van der Waals surface area contributed by atoms with Gasteiger partial charge in [-0.25, -0.2) is 0 Å². The van der Waals surface area contributed by atoms with Crippen molar-refractivity contribution in [2.45, 2.75) is 12.8 Å². The molecule has 0 unspecified atom stereocenters. The van der Waals surface area contributed by atoms with E-state index in [-0.39, 0.29) is 5.91 Å². The minimum atomic E-state index is -0.115. The van der Waals surface area contributed by atoms with Crippen LogP contribution in [0.4, 0.5) is 5.69 Å². The summed E-state index contributed by atoms with van der Waals surface area (Å²) >= 11 is 12.2. The summed E-state index contributed by atoms with van der Waals surface area (Å²) in [6.45, 7) is 0. The molecule has 0 saturated heterocycles. The third-order valence-electron chi connectivity index (χ3n) is 3.04. The number of rotatable bonds is 5. The first-order valence-electron chi connectivity index (χ1n) is 6.47. The summed E-state index contributed by atoms with van der Waals surface area (Å²) < 4.78 is 5.19. The number of hydrogen-bond donors (Lipinski definition) is 1. The van der Waals surface area contributed by atoms with Gasteiger partial charge < -0.3 is 10.1 Å². The molecule has 0 aliphatic heterocycles. The van der Waals surface area contributed by atoms with Gasteiger partial charge in [-0.15, -0.1) is 0 Å². The molecule has 0 spiro atoms. The maximum atomic E-state index is 12.0. The SMILES string of the molecule is COc1ccccc1NC(=O)CCc1c(Cl)cccc1Cl. The smallest absolute Gasteiger partial charge is 0.224 e. The Kier molecular flexibility index (Phi) is 5.48. The number of halogens is 2. The number of ether oxygens (including phenoxy) is 1. The Morgan fingerprint density at radius 1 is 1.10 bits per heavy atom. The monoisotopic (exact) mass is 323 g/mol. The van der Waals surface area contributed by atoms with Crippen molar-refractivity contribution in [3.63, 3.8) is 0 Å².